The maximum absolute atomic E-state index is 12.4. The molecule has 22 heavy (non-hydrogen) atoms. The number of fused-ring (bicyclic) bond motifs is 1. The molecule has 3 rings (SSSR count). The fraction of sp³-hybridized carbons (Fsp3) is 0.400. The molecule has 2 atom stereocenters. The Bertz CT molecular complexity index is 653. The molecule has 1 aliphatic heterocycles. The van der Waals surface area contributed by atoms with Gasteiger partial charge < -0.3 is 20.5 Å². The first kappa shape index (κ1) is 14.4. The van der Waals surface area contributed by atoms with Gasteiger partial charge in [0.25, 0.3) is 11.8 Å². The molecule has 0 saturated heterocycles. The van der Waals surface area contributed by atoms with Gasteiger partial charge in [-0.3, -0.25) is 9.59 Å². The number of rotatable bonds is 4. The van der Waals surface area contributed by atoms with Crippen molar-refractivity contribution in [2.75, 3.05) is 5.32 Å². The summed E-state index contributed by atoms with van der Waals surface area (Å²) in [5.41, 5.74) is 0.630. The van der Waals surface area contributed by atoms with Crippen LogP contribution in [-0.4, -0.2) is 35.0 Å². The van der Waals surface area contributed by atoms with Crippen molar-refractivity contribution in [2.24, 2.45) is 5.92 Å². The van der Waals surface area contributed by atoms with E-state index in [9.17, 15) is 19.5 Å². The Labute approximate surface area is 126 Å². The molecule has 0 aromatic heterocycles. The molecule has 0 spiro atoms. The average molecular weight is 304 g/mol. The molecule has 1 aliphatic carbocycles. The summed E-state index contributed by atoms with van der Waals surface area (Å²) < 4.78 is 5.49. The van der Waals surface area contributed by atoms with Crippen LogP contribution < -0.4 is 15.4 Å². The number of hydrogen-bond acceptors (Lipinski definition) is 4. The third-order valence-corrected chi connectivity index (χ3v) is 3.83. The number of aliphatic carboxylic acids is 1. The molecule has 1 aromatic rings. The van der Waals surface area contributed by atoms with Crippen molar-refractivity contribution in [1.29, 1.82) is 0 Å². The first-order valence-corrected chi connectivity index (χ1v) is 7.11. The van der Waals surface area contributed by atoms with Crippen molar-refractivity contribution in [1.82, 2.24) is 5.32 Å². The lowest BCUT2D eigenvalue weighted by atomic mass is 10.1. The summed E-state index contributed by atoms with van der Waals surface area (Å²) in [4.78, 5) is 35.2. The second kappa shape index (κ2) is 5.32. The molecule has 2 amide bonds. The molecular weight excluding hydrogens is 288 g/mol. The van der Waals surface area contributed by atoms with Gasteiger partial charge >= 0.3 is 5.97 Å². The first-order chi connectivity index (χ1) is 10.5. The van der Waals surface area contributed by atoms with Crippen molar-refractivity contribution >= 4 is 23.5 Å². The number of anilines is 1. The van der Waals surface area contributed by atoms with Crippen LogP contribution in [-0.2, 0) is 9.59 Å². The predicted molar refractivity (Wildman–Crippen MR) is 76.8 cm³/mol. The molecule has 7 heteroatoms. The highest BCUT2D eigenvalue weighted by Crippen LogP contribution is 2.35. The van der Waals surface area contributed by atoms with E-state index >= 15 is 0 Å². The second-order valence-corrected chi connectivity index (χ2v) is 5.56. The van der Waals surface area contributed by atoms with Gasteiger partial charge in [-0.15, -0.1) is 0 Å². The van der Waals surface area contributed by atoms with E-state index in [0.29, 0.717) is 5.69 Å². The Kier molecular flexibility index (Phi) is 3.48. The monoisotopic (exact) mass is 304 g/mol. The molecule has 1 fully saturated rings. The van der Waals surface area contributed by atoms with Gasteiger partial charge in [-0.25, -0.2) is 4.79 Å². The highest BCUT2D eigenvalue weighted by atomic mass is 16.5. The van der Waals surface area contributed by atoms with Gasteiger partial charge in [0.2, 0.25) is 0 Å². The Hall–Kier alpha value is -2.57. The highest BCUT2D eigenvalue weighted by molar-refractivity contribution is 6.04. The van der Waals surface area contributed by atoms with E-state index in [1.54, 1.807) is 25.1 Å². The van der Waals surface area contributed by atoms with E-state index in [1.165, 1.54) is 0 Å². The zero-order chi connectivity index (χ0) is 15.9. The number of benzene rings is 1. The van der Waals surface area contributed by atoms with Crippen molar-refractivity contribution in [3.63, 3.8) is 0 Å². The van der Waals surface area contributed by atoms with Crippen LogP contribution >= 0.6 is 0 Å². The lowest BCUT2D eigenvalue weighted by Crippen LogP contribution is -2.43. The van der Waals surface area contributed by atoms with Gasteiger partial charge in [0.15, 0.2) is 11.9 Å². The quantitative estimate of drug-likeness (QED) is 0.769. The highest BCUT2D eigenvalue weighted by Gasteiger charge is 2.38. The van der Waals surface area contributed by atoms with Crippen LogP contribution in [0.2, 0.25) is 0 Å². The minimum Gasteiger partial charge on any atom is -0.480 e. The van der Waals surface area contributed by atoms with Gasteiger partial charge in [0.1, 0.15) is 6.04 Å². The van der Waals surface area contributed by atoms with Crippen molar-refractivity contribution < 1.29 is 24.2 Å². The standard InChI is InChI=1S/C15H16N2O5/c1-7-13(18)16-10-4-2-3-9(12(10)22-7)14(19)17-11(15(20)21)8-5-6-8/h2-4,7-8,11H,5-6H2,1H3,(H,16,18)(H,17,19)(H,20,21). The van der Waals surface area contributed by atoms with Crippen LogP contribution in [0.4, 0.5) is 5.69 Å². The number of carbonyl (C=O) groups is 3. The van der Waals surface area contributed by atoms with Crippen LogP contribution in [0.5, 0.6) is 5.75 Å². The average Bonchev–Trinajstić information content (AvgIpc) is 3.29. The molecule has 1 saturated carbocycles. The molecule has 1 heterocycles. The van der Waals surface area contributed by atoms with Crippen molar-refractivity contribution in [2.45, 2.75) is 31.9 Å². The topological polar surface area (TPSA) is 105 Å². The Morgan fingerprint density at radius 3 is 2.77 bits per heavy atom. The van der Waals surface area contributed by atoms with E-state index in [0.717, 1.165) is 12.8 Å². The largest absolute Gasteiger partial charge is 0.480 e. The maximum Gasteiger partial charge on any atom is 0.326 e. The van der Waals surface area contributed by atoms with Gasteiger partial charge in [0, 0.05) is 0 Å². The molecule has 2 aliphatic rings. The number of amides is 2. The van der Waals surface area contributed by atoms with E-state index in [-0.39, 0.29) is 23.1 Å². The molecule has 1 aromatic carbocycles. The molecular formula is C15H16N2O5. The molecule has 0 radical (unpaired) electrons. The molecule has 3 N–H and O–H groups in total. The minimum absolute atomic E-state index is 0.0134. The fourth-order valence-electron chi connectivity index (χ4n) is 2.44. The number of carboxylic acids is 1. The number of para-hydroxylation sites is 1. The second-order valence-electron chi connectivity index (χ2n) is 5.56. The summed E-state index contributed by atoms with van der Waals surface area (Å²) >= 11 is 0. The first-order valence-electron chi connectivity index (χ1n) is 7.11. The van der Waals surface area contributed by atoms with Crippen LogP contribution in [0.1, 0.15) is 30.1 Å². The number of hydrogen-bond donors (Lipinski definition) is 3. The summed E-state index contributed by atoms with van der Waals surface area (Å²) in [6.45, 7) is 1.58. The Morgan fingerprint density at radius 2 is 2.14 bits per heavy atom. The normalized spacial score (nSPS) is 21.1. The summed E-state index contributed by atoms with van der Waals surface area (Å²) in [6, 6.07) is 3.90. The van der Waals surface area contributed by atoms with E-state index in [1.807, 2.05) is 0 Å². The van der Waals surface area contributed by atoms with Gasteiger partial charge in [-0.2, -0.15) is 0 Å². The third kappa shape index (κ3) is 2.61. The van der Waals surface area contributed by atoms with E-state index < -0.39 is 24.0 Å². The molecule has 7 nitrogen and oxygen atoms in total. The summed E-state index contributed by atoms with van der Waals surface area (Å²) in [5.74, 6) is -1.58. The maximum atomic E-state index is 12.4. The molecule has 0 bridgehead atoms. The Morgan fingerprint density at radius 1 is 1.41 bits per heavy atom. The third-order valence-electron chi connectivity index (χ3n) is 3.83. The minimum atomic E-state index is -1.04. The molecule has 2 unspecified atom stereocenters. The predicted octanol–water partition coefficient (Wildman–Crippen LogP) is 0.999. The lowest BCUT2D eigenvalue weighted by Gasteiger charge is -2.25. The van der Waals surface area contributed by atoms with Gasteiger partial charge in [-0.1, -0.05) is 6.07 Å². The van der Waals surface area contributed by atoms with Crippen molar-refractivity contribution in [3.05, 3.63) is 23.8 Å². The number of nitrogens with one attached hydrogen (secondary N) is 2. The SMILES string of the molecule is CC1Oc2c(cccc2C(=O)NC(C(=O)O)C2CC2)NC1=O. The summed E-state index contributed by atoms with van der Waals surface area (Å²) in [7, 11) is 0. The fourth-order valence-corrected chi connectivity index (χ4v) is 2.44. The zero-order valence-corrected chi connectivity index (χ0v) is 12.0. The van der Waals surface area contributed by atoms with Crippen LogP contribution in [0.25, 0.3) is 0 Å². The number of ether oxygens (including phenoxy) is 1. The van der Waals surface area contributed by atoms with Gasteiger partial charge in [-0.05, 0) is 37.8 Å². The smallest absolute Gasteiger partial charge is 0.326 e. The van der Waals surface area contributed by atoms with Gasteiger partial charge in [0.05, 0.1) is 11.3 Å². The van der Waals surface area contributed by atoms with E-state index in [2.05, 4.69) is 10.6 Å². The zero-order valence-electron chi connectivity index (χ0n) is 12.0. The lowest BCUT2D eigenvalue weighted by molar-refractivity contribution is -0.139. The van der Waals surface area contributed by atoms with E-state index in [4.69, 9.17) is 4.74 Å². The van der Waals surface area contributed by atoms with Crippen molar-refractivity contribution in [3.8, 4) is 5.75 Å². The van der Waals surface area contributed by atoms with Crippen LogP contribution in [0.3, 0.4) is 0 Å². The number of carbonyl (C=O) groups excluding carboxylic acids is 2. The van der Waals surface area contributed by atoms with Crippen LogP contribution in [0.15, 0.2) is 18.2 Å². The molecule has 116 valence electrons. The summed E-state index contributed by atoms with van der Waals surface area (Å²) in [5, 5.41) is 14.4. The Balaban J connectivity index is 1.85. The summed E-state index contributed by atoms with van der Waals surface area (Å²) in [6.07, 6.45) is 0.890. The van der Waals surface area contributed by atoms with Crippen LogP contribution in [0, 0.1) is 5.92 Å². The number of carboxylic acid groups (broad SMARTS) is 1.